The highest BCUT2D eigenvalue weighted by molar-refractivity contribution is 6.74. The van der Waals surface area contributed by atoms with Gasteiger partial charge in [-0.1, -0.05) is 65.0 Å². The molecule has 1 fully saturated rings. The number of likely N-dealkylation sites (tertiary alicyclic amines) is 1. The molecule has 0 spiro atoms. The Bertz CT molecular complexity index is 677. The highest BCUT2D eigenvalue weighted by atomic mass is 28.4. The molecule has 2 rings (SSSR count). The summed E-state index contributed by atoms with van der Waals surface area (Å²) in [5.74, 6) is -0.150. The molecule has 1 aliphatic heterocycles. The first-order valence-electron chi connectivity index (χ1n) is 9.89. The van der Waals surface area contributed by atoms with Gasteiger partial charge in [0.05, 0.1) is 12.6 Å². The first-order valence-corrected chi connectivity index (χ1v) is 12.8. The standard InChI is InChI=1S/C22H35NO3Si/c1-21(2,3)27(6,7)26-16-18-15-22(4,5)20(25)23(18)19(24)14-13-17-11-9-8-10-12-17/h8-12,18H,13-16H2,1-7H3/t18-/m0/s1. The zero-order chi connectivity index (χ0) is 20.5. The zero-order valence-corrected chi connectivity index (χ0v) is 19.0. The fraction of sp³-hybridized carbons (Fsp3) is 0.636. The summed E-state index contributed by atoms with van der Waals surface area (Å²) in [6.45, 7) is 15.3. The Hall–Kier alpha value is -1.46. The minimum atomic E-state index is -1.93. The Balaban J connectivity index is 2.08. The summed E-state index contributed by atoms with van der Waals surface area (Å²) < 4.78 is 6.36. The number of hydrogen-bond donors (Lipinski definition) is 0. The van der Waals surface area contributed by atoms with Crippen LogP contribution in [0.5, 0.6) is 0 Å². The SMILES string of the molecule is CC1(C)C[C@@H](CO[Si](C)(C)C(C)(C)C)N(C(=O)CCc2ccccc2)C1=O. The number of amides is 2. The molecule has 1 aromatic rings. The molecule has 150 valence electrons. The van der Waals surface area contributed by atoms with Crippen molar-refractivity contribution >= 4 is 20.1 Å². The van der Waals surface area contributed by atoms with Gasteiger partial charge < -0.3 is 4.43 Å². The first-order chi connectivity index (χ1) is 12.3. The number of carbonyl (C=O) groups excluding carboxylic acids is 2. The molecule has 0 radical (unpaired) electrons. The van der Waals surface area contributed by atoms with E-state index in [4.69, 9.17) is 4.43 Å². The Morgan fingerprint density at radius 1 is 1.22 bits per heavy atom. The first kappa shape index (κ1) is 21.8. The molecular weight excluding hydrogens is 354 g/mol. The van der Waals surface area contributed by atoms with Crippen LogP contribution in [-0.2, 0) is 20.4 Å². The molecule has 4 nitrogen and oxygen atoms in total. The van der Waals surface area contributed by atoms with E-state index in [9.17, 15) is 9.59 Å². The molecule has 1 atom stereocenters. The van der Waals surface area contributed by atoms with Gasteiger partial charge in [-0.15, -0.1) is 0 Å². The van der Waals surface area contributed by atoms with Crippen molar-refractivity contribution in [1.29, 1.82) is 0 Å². The number of nitrogens with zero attached hydrogens (tertiary/aromatic N) is 1. The third-order valence-electron chi connectivity index (χ3n) is 6.09. The molecule has 0 unspecified atom stereocenters. The second-order valence-electron chi connectivity index (χ2n) is 9.87. The summed E-state index contributed by atoms with van der Waals surface area (Å²) in [4.78, 5) is 27.3. The summed E-state index contributed by atoms with van der Waals surface area (Å²) in [5.41, 5.74) is 0.606. The van der Waals surface area contributed by atoms with Gasteiger partial charge in [-0.3, -0.25) is 14.5 Å². The lowest BCUT2D eigenvalue weighted by Gasteiger charge is -2.37. The molecule has 27 heavy (non-hydrogen) atoms. The number of carbonyl (C=O) groups is 2. The molecule has 5 heteroatoms. The lowest BCUT2D eigenvalue weighted by molar-refractivity contribution is -0.147. The second-order valence-corrected chi connectivity index (χ2v) is 14.7. The average molecular weight is 390 g/mol. The van der Waals surface area contributed by atoms with Crippen LogP contribution in [0.2, 0.25) is 18.1 Å². The number of aryl methyl sites for hydroxylation is 1. The molecule has 0 saturated carbocycles. The molecule has 0 aromatic heterocycles. The molecule has 1 heterocycles. The van der Waals surface area contributed by atoms with Gasteiger partial charge in [0.1, 0.15) is 0 Å². The predicted octanol–water partition coefficient (Wildman–Crippen LogP) is 4.79. The predicted molar refractivity (Wildman–Crippen MR) is 112 cm³/mol. The highest BCUT2D eigenvalue weighted by Crippen LogP contribution is 2.39. The van der Waals surface area contributed by atoms with E-state index in [1.54, 1.807) is 0 Å². The summed E-state index contributed by atoms with van der Waals surface area (Å²) in [6, 6.07) is 9.78. The van der Waals surface area contributed by atoms with Crippen molar-refractivity contribution in [2.24, 2.45) is 5.41 Å². The van der Waals surface area contributed by atoms with Crippen LogP contribution in [0.4, 0.5) is 0 Å². The van der Waals surface area contributed by atoms with Crippen LogP contribution in [0.15, 0.2) is 30.3 Å². The number of benzene rings is 1. The molecule has 0 N–H and O–H groups in total. The van der Waals surface area contributed by atoms with Gasteiger partial charge in [0.25, 0.3) is 0 Å². The molecule has 1 aliphatic rings. The van der Waals surface area contributed by atoms with E-state index in [2.05, 4.69) is 33.9 Å². The van der Waals surface area contributed by atoms with Crippen LogP contribution in [0.1, 0.15) is 53.0 Å². The van der Waals surface area contributed by atoms with Crippen molar-refractivity contribution < 1.29 is 14.0 Å². The normalized spacial score (nSPS) is 20.2. The minimum absolute atomic E-state index is 0.0654. The van der Waals surface area contributed by atoms with Crippen molar-refractivity contribution in [2.45, 2.75) is 78.1 Å². The van der Waals surface area contributed by atoms with E-state index < -0.39 is 13.7 Å². The molecule has 1 aromatic carbocycles. The molecule has 2 amide bonds. The Kier molecular flexibility index (Phi) is 6.37. The Morgan fingerprint density at radius 3 is 2.37 bits per heavy atom. The van der Waals surface area contributed by atoms with Crippen LogP contribution in [0.3, 0.4) is 0 Å². The maximum absolute atomic E-state index is 12.9. The van der Waals surface area contributed by atoms with Crippen LogP contribution in [0, 0.1) is 5.41 Å². The van der Waals surface area contributed by atoms with Crippen LogP contribution >= 0.6 is 0 Å². The number of imide groups is 1. The maximum atomic E-state index is 12.9. The van der Waals surface area contributed by atoms with Gasteiger partial charge in [0.15, 0.2) is 8.32 Å². The van der Waals surface area contributed by atoms with Crippen LogP contribution in [-0.4, -0.2) is 37.7 Å². The van der Waals surface area contributed by atoms with Crippen molar-refractivity contribution in [3.63, 3.8) is 0 Å². The fourth-order valence-corrected chi connectivity index (χ4v) is 4.29. The van der Waals surface area contributed by atoms with E-state index in [1.807, 2.05) is 44.2 Å². The summed E-state index contributed by atoms with van der Waals surface area (Å²) >= 11 is 0. The quantitative estimate of drug-likeness (QED) is 0.657. The summed E-state index contributed by atoms with van der Waals surface area (Å²) in [5, 5.41) is 0.104. The highest BCUT2D eigenvalue weighted by Gasteiger charge is 2.49. The van der Waals surface area contributed by atoms with Crippen LogP contribution < -0.4 is 0 Å². The lowest BCUT2D eigenvalue weighted by atomic mass is 9.90. The van der Waals surface area contributed by atoms with Crippen molar-refractivity contribution in [1.82, 2.24) is 4.90 Å². The summed E-state index contributed by atoms with van der Waals surface area (Å²) in [7, 11) is -1.93. The maximum Gasteiger partial charge on any atom is 0.235 e. The second kappa shape index (κ2) is 7.88. The van der Waals surface area contributed by atoms with Crippen molar-refractivity contribution in [2.75, 3.05) is 6.61 Å². The Morgan fingerprint density at radius 2 is 1.81 bits per heavy atom. The van der Waals surface area contributed by atoms with E-state index in [0.717, 1.165) is 5.56 Å². The van der Waals surface area contributed by atoms with Gasteiger partial charge in [0.2, 0.25) is 11.8 Å². The lowest BCUT2D eigenvalue weighted by Crippen LogP contribution is -2.47. The zero-order valence-electron chi connectivity index (χ0n) is 18.0. The van der Waals surface area contributed by atoms with Crippen molar-refractivity contribution in [3.05, 3.63) is 35.9 Å². The van der Waals surface area contributed by atoms with Gasteiger partial charge in [-0.2, -0.15) is 0 Å². The molecule has 0 aliphatic carbocycles. The smallest absolute Gasteiger partial charge is 0.235 e. The van der Waals surface area contributed by atoms with E-state index in [1.165, 1.54) is 4.90 Å². The third-order valence-corrected chi connectivity index (χ3v) is 10.6. The minimum Gasteiger partial charge on any atom is -0.415 e. The molecule has 0 bridgehead atoms. The van der Waals surface area contributed by atoms with Gasteiger partial charge >= 0.3 is 0 Å². The van der Waals surface area contributed by atoms with Gasteiger partial charge in [0, 0.05) is 11.8 Å². The third kappa shape index (κ3) is 5.08. The van der Waals surface area contributed by atoms with Crippen molar-refractivity contribution in [3.8, 4) is 0 Å². The summed E-state index contributed by atoms with van der Waals surface area (Å²) in [6.07, 6.45) is 1.67. The Labute approximate surface area is 165 Å². The molecular formula is C22H35NO3Si. The topological polar surface area (TPSA) is 46.6 Å². The van der Waals surface area contributed by atoms with E-state index >= 15 is 0 Å². The number of rotatable bonds is 6. The van der Waals surface area contributed by atoms with Crippen LogP contribution in [0.25, 0.3) is 0 Å². The monoisotopic (exact) mass is 389 g/mol. The van der Waals surface area contributed by atoms with Gasteiger partial charge in [-0.25, -0.2) is 0 Å². The van der Waals surface area contributed by atoms with E-state index in [-0.39, 0.29) is 22.9 Å². The number of hydrogen-bond acceptors (Lipinski definition) is 3. The van der Waals surface area contributed by atoms with E-state index in [0.29, 0.717) is 25.9 Å². The largest absolute Gasteiger partial charge is 0.415 e. The average Bonchev–Trinajstić information content (AvgIpc) is 2.80. The fourth-order valence-electron chi connectivity index (χ4n) is 3.25. The van der Waals surface area contributed by atoms with Gasteiger partial charge in [-0.05, 0) is 36.5 Å². The molecule has 1 saturated heterocycles.